The minimum atomic E-state index is -0.818. The Hall–Kier alpha value is -5.67. The van der Waals surface area contributed by atoms with Crippen molar-refractivity contribution in [3.05, 3.63) is 82.3 Å². The van der Waals surface area contributed by atoms with Crippen molar-refractivity contribution >= 4 is 40.0 Å². The molecule has 3 aliphatic heterocycles. The highest BCUT2D eigenvalue weighted by atomic mass is 32.1. The minimum absolute atomic E-state index is 0.129. The Morgan fingerprint density at radius 2 is 1.84 bits per heavy atom. The number of nitrogens with one attached hydrogen (secondary N) is 3. The van der Waals surface area contributed by atoms with Crippen LogP contribution in [0.25, 0.3) is 44.7 Å². The SMILES string of the molecule is CCc1ncc(C2Oc3cc(-c4cnc([C@@H]5C[C@@H](C)CN5C(=O)/C(=N\C(=O)OC)C(C)C)[nH]4)cc(F)c3-c3cc4cc(-c5cnc([C@@H]6CCCN6)[nH]5)ccc4n32)s1. The molecule has 3 N–H and O–H groups in total. The van der Waals surface area contributed by atoms with E-state index < -0.39 is 24.2 Å². The van der Waals surface area contributed by atoms with Crippen LogP contribution in [0.1, 0.15) is 86.8 Å². The summed E-state index contributed by atoms with van der Waals surface area (Å²) in [5.74, 6) is 1.02. The first-order valence-electron chi connectivity index (χ1n) is 19.5. The molecule has 0 aliphatic carbocycles. The average molecular weight is 790 g/mol. The third-order valence-electron chi connectivity index (χ3n) is 11.2. The number of fused-ring (bicyclic) bond motifs is 5. The molecule has 0 bridgehead atoms. The second kappa shape index (κ2) is 14.7. The molecule has 57 heavy (non-hydrogen) atoms. The molecule has 13 nitrogen and oxygen atoms in total. The zero-order valence-corrected chi connectivity index (χ0v) is 33.2. The van der Waals surface area contributed by atoms with Crippen LogP contribution < -0.4 is 10.1 Å². The third kappa shape index (κ3) is 6.61. The number of ether oxygens (including phenoxy) is 2. The Kier molecular flexibility index (Phi) is 9.52. The summed E-state index contributed by atoms with van der Waals surface area (Å²) in [6, 6.07) is 11.5. The number of thiazole rings is 1. The van der Waals surface area contributed by atoms with Crippen molar-refractivity contribution in [2.24, 2.45) is 16.8 Å². The standard InChI is InChI=1S/C42H44FN9O4S/c1-6-35-45-19-34(57-35)41-52-30-10-9-23(28-17-46-38(48-28)27-8-7-11-44-27)13-25(30)15-31(52)36-26(43)14-24(16-33(36)56-41)29-18-47-39(49-29)32-12-22(4)20-51(32)40(53)37(21(2)3)50-42(54)55-5/h9-10,13-19,21-22,27,32,41,44H,6-8,11-12,20H2,1-5H3,(H,46,48)(H,47,49)/b50-37-/t22-,27+,32+,41?/m1/s1. The first-order chi connectivity index (χ1) is 27.6. The number of aromatic amines is 2. The van der Waals surface area contributed by atoms with Gasteiger partial charge in [-0.25, -0.2) is 24.1 Å². The summed E-state index contributed by atoms with van der Waals surface area (Å²) in [5.41, 5.74) is 5.18. The maximum Gasteiger partial charge on any atom is 0.433 e. The number of carbonyl (C=O) groups is 2. The van der Waals surface area contributed by atoms with Crippen molar-refractivity contribution in [2.45, 2.75) is 71.7 Å². The van der Waals surface area contributed by atoms with Gasteiger partial charge in [0.05, 0.1) is 69.6 Å². The maximum absolute atomic E-state index is 16.7. The smallest absolute Gasteiger partial charge is 0.433 e. The van der Waals surface area contributed by atoms with Crippen LogP contribution in [-0.2, 0) is 16.0 Å². The lowest BCUT2D eigenvalue weighted by Crippen LogP contribution is -2.39. The van der Waals surface area contributed by atoms with Gasteiger partial charge in [-0.3, -0.25) is 9.36 Å². The van der Waals surface area contributed by atoms with Gasteiger partial charge >= 0.3 is 6.09 Å². The second-order valence-electron chi connectivity index (χ2n) is 15.4. The second-order valence-corrected chi connectivity index (χ2v) is 16.6. The van der Waals surface area contributed by atoms with E-state index in [4.69, 9.17) is 14.5 Å². The monoisotopic (exact) mass is 789 g/mol. The Labute approximate surface area is 332 Å². The number of benzene rings is 2. The number of carbonyl (C=O) groups excluding carboxylic acids is 2. The number of aliphatic imine (C=N–C) groups is 1. The fourth-order valence-corrected chi connectivity index (χ4v) is 9.24. The van der Waals surface area contributed by atoms with Crippen LogP contribution in [-0.4, -0.2) is 72.3 Å². The normalized spacial score (nSPS) is 20.6. The molecule has 15 heteroatoms. The number of nitrogens with zero attached hydrogens (tertiary/aromatic N) is 6. The van der Waals surface area contributed by atoms with Crippen LogP contribution in [0.2, 0.25) is 0 Å². The number of H-pyrrole nitrogens is 2. The van der Waals surface area contributed by atoms with Gasteiger partial charge in [-0.15, -0.1) is 11.3 Å². The number of hydrogen-bond donors (Lipinski definition) is 3. The molecule has 0 spiro atoms. The summed E-state index contributed by atoms with van der Waals surface area (Å²) in [6.45, 7) is 9.24. The summed E-state index contributed by atoms with van der Waals surface area (Å²) in [6.07, 6.45) is 7.63. The molecule has 2 saturated heterocycles. The predicted octanol–water partition coefficient (Wildman–Crippen LogP) is 8.38. The largest absolute Gasteiger partial charge is 0.464 e. The van der Waals surface area contributed by atoms with Crippen molar-refractivity contribution in [1.29, 1.82) is 0 Å². The number of methoxy groups -OCH3 is 1. The molecule has 294 valence electrons. The van der Waals surface area contributed by atoms with Crippen LogP contribution in [0.15, 0.2) is 60.0 Å². The summed E-state index contributed by atoms with van der Waals surface area (Å²) in [5, 5.41) is 5.44. The molecule has 7 heterocycles. The van der Waals surface area contributed by atoms with Crippen LogP contribution >= 0.6 is 11.3 Å². The van der Waals surface area contributed by atoms with Crippen LogP contribution in [0.5, 0.6) is 5.75 Å². The van der Waals surface area contributed by atoms with Crippen LogP contribution in [0, 0.1) is 17.7 Å². The number of aryl methyl sites for hydroxylation is 1. The van der Waals surface area contributed by atoms with Crippen molar-refractivity contribution in [3.63, 3.8) is 0 Å². The average Bonchev–Trinajstić information content (AvgIpc) is 4.05. The van der Waals surface area contributed by atoms with Gasteiger partial charge in [-0.2, -0.15) is 4.99 Å². The van der Waals surface area contributed by atoms with Crippen molar-refractivity contribution < 1.29 is 23.5 Å². The molecule has 6 aromatic rings. The number of imidazole rings is 2. The molecular formula is C42H44FN9O4S. The van der Waals surface area contributed by atoms with Gasteiger partial charge in [0.25, 0.3) is 5.91 Å². The quantitative estimate of drug-likeness (QED) is 0.130. The molecule has 4 atom stereocenters. The van der Waals surface area contributed by atoms with E-state index >= 15 is 4.39 Å². The van der Waals surface area contributed by atoms with E-state index in [1.807, 2.05) is 38.4 Å². The van der Waals surface area contributed by atoms with Crippen molar-refractivity contribution in [1.82, 2.24) is 39.7 Å². The van der Waals surface area contributed by atoms with Gasteiger partial charge < -0.3 is 29.7 Å². The Bertz CT molecular complexity index is 2540. The van der Waals surface area contributed by atoms with E-state index in [-0.39, 0.29) is 29.5 Å². The number of aromatic nitrogens is 6. The number of amides is 2. The highest BCUT2D eigenvalue weighted by Gasteiger charge is 2.39. The minimum Gasteiger partial charge on any atom is -0.464 e. The van der Waals surface area contributed by atoms with Gasteiger partial charge in [-0.1, -0.05) is 33.8 Å². The van der Waals surface area contributed by atoms with E-state index in [1.54, 1.807) is 22.4 Å². The van der Waals surface area contributed by atoms with Gasteiger partial charge in [-0.05, 0) is 68.5 Å². The van der Waals surface area contributed by atoms with E-state index in [9.17, 15) is 9.59 Å². The molecule has 0 radical (unpaired) electrons. The number of halogens is 1. The first kappa shape index (κ1) is 36.9. The van der Waals surface area contributed by atoms with Crippen LogP contribution in [0.4, 0.5) is 9.18 Å². The lowest BCUT2D eigenvalue weighted by molar-refractivity contribution is -0.125. The maximum atomic E-state index is 16.7. The number of likely N-dealkylation sites (tertiary alicyclic amines) is 1. The van der Waals surface area contributed by atoms with E-state index in [1.165, 1.54) is 13.2 Å². The molecule has 1 unspecified atom stereocenters. The topological polar surface area (TPSA) is 155 Å². The number of hydrogen-bond acceptors (Lipinski definition) is 9. The molecule has 9 rings (SSSR count). The van der Waals surface area contributed by atoms with E-state index in [2.05, 4.69) is 66.9 Å². The lowest BCUT2D eigenvalue weighted by atomic mass is 10.0. The molecule has 3 aliphatic rings. The van der Waals surface area contributed by atoms with E-state index in [0.717, 1.165) is 63.7 Å². The molecule has 0 saturated carbocycles. The lowest BCUT2D eigenvalue weighted by Gasteiger charge is -2.29. The van der Waals surface area contributed by atoms with Gasteiger partial charge in [0.2, 0.25) is 6.23 Å². The molecule has 4 aromatic heterocycles. The number of rotatable bonds is 8. The molecular weight excluding hydrogens is 746 g/mol. The van der Waals surface area contributed by atoms with Gasteiger partial charge in [0.15, 0.2) is 0 Å². The Balaban J connectivity index is 1.08. The Morgan fingerprint density at radius 3 is 2.58 bits per heavy atom. The molecule has 2 aromatic carbocycles. The van der Waals surface area contributed by atoms with Crippen LogP contribution in [0.3, 0.4) is 0 Å². The summed E-state index contributed by atoms with van der Waals surface area (Å²) in [7, 11) is 1.23. The van der Waals surface area contributed by atoms with Crippen molar-refractivity contribution in [2.75, 3.05) is 20.2 Å². The fourth-order valence-electron chi connectivity index (χ4n) is 8.36. The highest BCUT2D eigenvalue weighted by Crippen LogP contribution is 2.48. The van der Waals surface area contributed by atoms with E-state index in [0.29, 0.717) is 47.1 Å². The summed E-state index contributed by atoms with van der Waals surface area (Å²) >= 11 is 1.58. The zero-order chi connectivity index (χ0) is 39.5. The van der Waals surface area contributed by atoms with Gasteiger partial charge in [0.1, 0.15) is 28.9 Å². The summed E-state index contributed by atoms with van der Waals surface area (Å²) < 4.78 is 30.2. The molecule has 2 amide bonds. The Morgan fingerprint density at radius 1 is 1.05 bits per heavy atom. The molecule has 2 fully saturated rings. The third-order valence-corrected chi connectivity index (χ3v) is 12.4. The highest BCUT2D eigenvalue weighted by molar-refractivity contribution is 7.11. The summed E-state index contributed by atoms with van der Waals surface area (Å²) in [4.78, 5) is 53.3. The van der Waals surface area contributed by atoms with Gasteiger partial charge in [0, 0.05) is 35.2 Å². The fraction of sp³-hybridized carbons (Fsp3) is 0.381. The first-order valence-corrected chi connectivity index (χ1v) is 20.3. The van der Waals surface area contributed by atoms with Crippen molar-refractivity contribution in [3.8, 4) is 39.5 Å². The zero-order valence-electron chi connectivity index (χ0n) is 32.4. The predicted molar refractivity (Wildman–Crippen MR) is 216 cm³/mol.